The van der Waals surface area contributed by atoms with E-state index >= 15 is 0 Å². The fourth-order valence-electron chi connectivity index (χ4n) is 1.46. The fourth-order valence-corrected chi connectivity index (χ4v) is 1.46. The van der Waals surface area contributed by atoms with Crippen LogP contribution in [0.5, 0.6) is 0 Å². The van der Waals surface area contributed by atoms with E-state index in [4.69, 9.17) is 10.4 Å². The first kappa shape index (κ1) is 11.3. The average Bonchev–Trinajstić information content (AvgIpc) is 2.25. The third-order valence-electron chi connectivity index (χ3n) is 2.38. The minimum Gasteiger partial charge on any atom is -0.481 e. The van der Waals surface area contributed by atoms with Crippen LogP contribution in [-0.4, -0.2) is 11.1 Å². The molecule has 0 aliphatic rings. The molecule has 15 heavy (non-hydrogen) atoms. The lowest BCUT2D eigenvalue weighted by molar-refractivity contribution is -0.141. The van der Waals surface area contributed by atoms with E-state index in [0.717, 1.165) is 5.56 Å². The van der Waals surface area contributed by atoms with Crippen molar-refractivity contribution in [3.05, 3.63) is 35.4 Å². The van der Waals surface area contributed by atoms with Crippen molar-refractivity contribution in [3.8, 4) is 6.07 Å². The molecule has 1 aromatic carbocycles. The number of carboxylic acid groups (broad SMARTS) is 1. The summed E-state index contributed by atoms with van der Waals surface area (Å²) < 4.78 is 0. The number of hydrogen-bond donors (Lipinski definition) is 1. The Hall–Kier alpha value is -1.82. The highest BCUT2D eigenvalue weighted by atomic mass is 16.4. The number of rotatable bonds is 4. The summed E-state index contributed by atoms with van der Waals surface area (Å²) in [6, 6.07) is 9.13. The summed E-state index contributed by atoms with van der Waals surface area (Å²) in [4.78, 5) is 10.8. The van der Waals surface area contributed by atoms with Crippen LogP contribution in [0.3, 0.4) is 0 Å². The number of nitriles is 1. The molecule has 1 aromatic rings. The van der Waals surface area contributed by atoms with E-state index in [1.54, 1.807) is 18.2 Å². The zero-order valence-electron chi connectivity index (χ0n) is 8.60. The smallest absolute Gasteiger partial charge is 0.306 e. The number of aliphatic carboxylic acids is 1. The monoisotopic (exact) mass is 203 g/mol. The predicted molar refractivity (Wildman–Crippen MR) is 56.3 cm³/mol. The van der Waals surface area contributed by atoms with E-state index in [-0.39, 0.29) is 5.92 Å². The maximum atomic E-state index is 10.8. The van der Waals surface area contributed by atoms with E-state index in [1.807, 2.05) is 19.1 Å². The number of carbonyl (C=O) groups is 1. The van der Waals surface area contributed by atoms with Crippen molar-refractivity contribution < 1.29 is 9.90 Å². The summed E-state index contributed by atoms with van der Waals surface area (Å²) in [6.45, 7) is 1.85. The van der Waals surface area contributed by atoms with Gasteiger partial charge in [-0.05, 0) is 30.5 Å². The standard InChI is InChI=1S/C12H13NO2/c1-2-11(12(14)15)7-9-4-3-5-10(6-9)8-13/h3-6,11H,2,7H2,1H3,(H,14,15)/t11-/m1/s1. The molecule has 0 aliphatic carbocycles. The molecular formula is C12H13NO2. The lowest BCUT2D eigenvalue weighted by atomic mass is 9.96. The summed E-state index contributed by atoms with van der Waals surface area (Å²) in [5.41, 5.74) is 1.48. The molecule has 0 radical (unpaired) electrons. The topological polar surface area (TPSA) is 61.1 Å². The zero-order chi connectivity index (χ0) is 11.3. The molecule has 78 valence electrons. The van der Waals surface area contributed by atoms with Crippen LogP contribution in [0.4, 0.5) is 0 Å². The summed E-state index contributed by atoms with van der Waals surface area (Å²) in [6.07, 6.45) is 1.09. The molecule has 0 saturated carbocycles. The van der Waals surface area contributed by atoms with E-state index in [1.165, 1.54) is 0 Å². The van der Waals surface area contributed by atoms with Crippen molar-refractivity contribution in [1.82, 2.24) is 0 Å². The van der Waals surface area contributed by atoms with Gasteiger partial charge in [-0.3, -0.25) is 4.79 Å². The van der Waals surface area contributed by atoms with Gasteiger partial charge in [-0.2, -0.15) is 5.26 Å². The quantitative estimate of drug-likeness (QED) is 0.816. The zero-order valence-corrected chi connectivity index (χ0v) is 8.60. The summed E-state index contributed by atoms with van der Waals surface area (Å²) in [5, 5.41) is 17.6. The Kier molecular flexibility index (Phi) is 3.87. The van der Waals surface area contributed by atoms with E-state index in [9.17, 15) is 4.79 Å². The van der Waals surface area contributed by atoms with Crippen LogP contribution in [0.15, 0.2) is 24.3 Å². The molecule has 0 amide bonds. The van der Waals surface area contributed by atoms with Gasteiger partial charge in [0.05, 0.1) is 17.6 Å². The minimum atomic E-state index is -0.778. The molecule has 1 N–H and O–H groups in total. The summed E-state index contributed by atoms with van der Waals surface area (Å²) in [5.74, 6) is -1.14. The van der Waals surface area contributed by atoms with Gasteiger partial charge in [0.2, 0.25) is 0 Å². The fraction of sp³-hybridized carbons (Fsp3) is 0.333. The predicted octanol–water partition coefficient (Wildman–Crippen LogP) is 2.21. The molecule has 3 heteroatoms. The lowest BCUT2D eigenvalue weighted by Crippen LogP contribution is -2.15. The van der Waals surface area contributed by atoms with Crippen molar-refractivity contribution in [2.75, 3.05) is 0 Å². The van der Waals surface area contributed by atoms with E-state index in [0.29, 0.717) is 18.4 Å². The number of hydrogen-bond acceptors (Lipinski definition) is 2. The van der Waals surface area contributed by atoms with Crippen LogP contribution >= 0.6 is 0 Å². The highest BCUT2D eigenvalue weighted by molar-refractivity contribution is 5.70. The molecule has 0 fully saturated rings. The Morgan fingerprint density at radius 1 is 1.60 bits per heavy atom. The summed E-state index contributed by atoms with van der Waals surface area (Å²) in [7, 11) is 0. The van der Waals surface area contributed by atoms with Crippen LogP contribution in [0.2, 0.25) is 0 Å². The second kappa shape index (κ2) is 5.16. The van der Waals surface area contributed by atoms with Gasteiger partial charge < -0.3 is 5.11 Å². The maximum Gasteiger partial charge on any atom is 0.306 e. The van der Waals surface area contributed by atoms with Gasteiger partial charge in [-0.15, -0.1) is 0 Å². The molecule has 0 aliphatic heterocycles. The molecule has 0 aromatic heterocycles. The first-order valence-corrected chi connectivity index (χ1v) is 4.89. The van der Waals surface area contributed by atoms with Crippen molar-refractivity contribution in [2.24, 2.45) is 5.92 Å². The molecular weight excluding hydrogens is 190 g/mol. The highest BCUT2D eigenvalue weighted by Crippen LogP contribution is 2.13. The molecule has 0 unspecified atom stereocenters. The van der Waals surface area contributed by atoms with Gasteiger partial charge >= 0.3 is 5.97 Å². The van der Waals surface area contributed by atoms with E-state index in [2.05, 4.69) is 0 Å². The second-order valence-electron chi connectivity index (χ2n) is 3.46. The normalized spacial score (nSPS) is 11.7. The van der Waals surface area contributed by atoms with Crippen LogP contribution in [-0.2, 0) is 11.2 Å². The second-order valence-corrected chi connectivity index (χ2v) is 3.46. The molecule has 0 spiro atoms. The van der Waals surface area contributed by atoms with Gasteiger partial charge in [0.25, 0.3) is 0 Å². The third-order valence-corrected chi connectivity index (χ3v) is 2.38. The third kappa shape index (κ3) is 3.10. The van der Waals surface area contributed by atoms with Gasteiger partial charge in [0.1, 0.15) is 0 Å². The molecule has 1 atom stereocenters. The van der Waals surface area contributed by atoms with Crippen LogP contribution in [0, 0.1) is 17.2 Å². The van der Waals surface area contributed by atoms with Crippen LogP contribution < -0.4 is 0 Å². The number of nitrogens with zero attached hydrogens (tertiary/aromatic N) is 1. The van der Waals surface area contributed by atoms with Crippen molar-refractivity contribution in [1.29, 1.82) is 5.26 Å². The molecule has 0 heterocycles. The molecule has 0 saturated heterocycles. The number of benzene rings is 1. The van der Waals surface area contributed by atoms with Crippen LogP contribution in [0.25, 0.3) is 0 Å². The Labute approximate surface area is 89.0 Å². The lowest BCUT2D eigenvalue weighted by Gasteiger charge is -2.09. The van der Waals surface area contributed by atoms with Gasteiger partial charge in [-0.25, -0.2) is 0 Å². The van der Waals surface area contributed by atoms with Crippen LogP contribution in [0.1, 0.15) is 24.5 Å². The largest absolute Gasteiger partial charge is 0.481 e. The first-order chi connectivity index (χ1) is 7.17. The summed E-state index contributed by atoms with van der Waals surface area (Å²) >= 11 is 0. The molecule has 1 rings (SSSR count). The van der Waals surface area contributed by atoms with Crippen molar-refractivity contribution in [2.45, 2.75) is 19.8 Å². The Morgan fingerprint density at radius 3 is 2.87 bits per heavy atom. The van der Waals surface area contributed by atoms with Gasteiger partial charge in [0, 0.05) is 0 Å². The van der Waals surface area contributed by atoms with Gasteiger partial charge in [-0.1, -0.05) is 19.1 Å². The Bertz CT molecular complexity index is 393. The van der Waals surface area contributed by atoms with E-state index < -0.39 is 5.97 Å². The molecule has 3 nitrogen and oxygen atoms in total. The maximum absolute atomic E-state index is 10.8. The average molecular weight is 203 g/mol. The molecule has 0 bridgehead atoms. The Morgan fingerprint density at radius 2 is 2.33 bits per heavy atom. The highest BCUT2D eigenvalue weighted by Gasteiger charge is 2.15. The first-order valence-electron chi connectivity index (χ1n) is 4.89. The Balaban J connectivity index is 2.80. The SMILES string of the molecule is CC[C@H](Cc1cccc(C#N)c1)C(=O)O. The minimum absolute atomic E-state index is 0.362. The van der Waals surface area contributed by atoms with Crippen molar-refractivity contribution in [3.63, 3.8) is 0 Å². The van der Waals surface area contributed by atoms with Gasteiger partial charge in [0.15, 0.2) is 0 Å². The van der Waals surface area contributed by atoms with Crippen molar-refractivity contribution >= 4 is 5.97 Å². The number of carboxylic acids is 1.